The second-order valence-electron chi connectivity index (χ2n) is 13.4. The average Bonchev–Trinajstić information content (AvgIpc) is 3.45. The number of benzene rings is 2. The number of fused-ring (bicyclic) bond motifs is 3. The second-order valence-corrected chi connectivity index (χ2v) is 13.4. The van der Waals surface area contributed by atoms with Crippen molar-refractivity contribution in [1.29, 1.82) is 0 Å². The van der Waals surface area contributed by atoms with Crippen molar-refractivity contribution in [2.45, 2.75) is 96.3 Å². The molecule has 2 aromatic carbocycles. The Hall–Kier alpha value is -3.65. The molecule has 4 heterocycles. The molecule has 1 aromatic heterocycles. The first-order valence-electron chi connectivity index (χ1n) is 16.8. The van der Waals surface area contributed by atoms with Crippen LogP contribution in [-0.4, -0.2) is 63.0 Å². The Bertz CT molecular complexity index is 1470. The van der Waals surface area contributed by atoms with Crippen molar-refractivity contribution < 1.29 is 9.59 Å². The molecule has 0 spiro atoms. The molecule has 232 valence electrons. The highest BCUT2D eigenvalue weighted by molar-refractivity contribution is 6.01. The number of nitrogens with one attached hydrogen (secondary N) is 1. The third-order valence-electron chi connectivity index (χ3n) is 10.6. The SMILES string of the molecule is Cc1ccc(NC(=O)N(CCCN2[C@@H]3CC[C@H]2CC(n2c(C)nc4c2CCN(C(=O)C2CCC2)C4)C3)c2ccccc2)cc1. The van der Waals surface area contributed by atoms with Crippen molar-refractivity contribution in [2.24, 2.45) is 5.92 Å². The van der Waals surface area contributed by atoms with Crippen LogP contribution in [0.25, 0.3) is 0 Å². The number of para-hydroxylation sites is 1. The van der Waals surface area contributed by atoms with E-state index in [0.29, 0.717) is 37.1 Å². The fourth-order valence-electron chi connectivity index (χ4n) is 8.14. The van der Waals surface area contributed by atoms with E-state index in [1.807, 2.05) is 59.5 Å². The summed E-state index contributed by atoms with van der Waals surface area (Å²) in [7, 11) is 0. The van der Waals surface area contributed by atoms with Gasteiger partial charge in [0.1, 0.15) is 5.82 Å². The lowest BCUT2D eigenvalue weighted by Crippen LogP contribution is -2.46. The largest absolute Gasteiger partial charge is 0.336 e. The Kier molecular flexibility index (Phi) is 8.19. The molecule has 2 bridgehead atoms. The summed E-state index contributed by atoms with van der Waals surface area (Å²) in [6.07, 6.45) is 9.96. The summed E-state index contributed by atoms with van der Waals surface area (Å²) in [5.41, 5.74) is 5.41. The maximum Gasteiger partial charge on any atom is 0.326 e. The number of carbonyl (C=O) groups excluding carboxylic acids is 2. The van der Waals surface area contributed by atoms with E-state index < -0.39 is 0 Å². The lowest BCUT2D eigenvalue weighted by Gasteiger charge is -2.41. The summed E-state index contributed by atoms with van der Waals surface area (Å²) < 4.78 is 2.55. The zero-order valence-electron chi connectivity index (χ0n) is 26.3. The minimum atomic E-state index is -0.0879. The van der Waals surface area contributed by atoms with E-state index in [1.165, 1.54) is 30.5 Å². The van der Waals surface area contributed by atoms with Gasteiger partial charge in [-0.25, -0.2) is 9.78 Å². The van der Waals surface area contributed by atoms with Gasteiger partial charge < -0.3 is 14.8 Å². The highest BCUT2D eigenvalue weighted by atomic mass is 16.2. The molecule has 3 atom stereocenters. The van der Waals surface area contributed by atoms with Crippen LogP contribution in [0.3, 0.4) is 0 Å². The number of anilines is 2. The lowest BCUT2D eigenvalue weighted by atomic mass is 9.84. The van der Waals surface area contributed by atoms with Crippen LogP contribution in [0.15, 0.2) is 54.6 Å². The van der Waals surface area contributed by atoms with E-state index in [1.54, 1.807) is 0 Å². The van der Waals surface area contributed by atoms with Gasteiger partial charge in [-0.15, -0.1) is 0 Å². The van der Waals surface area contributed by atoms with Gasteiger partial charge in [-0.2, -0.15) is 0 Å². The monoisotopic (exact) mass is 594 g/mol. The topological polar surface area (TPSA) is 73.7 Å². The first-order valence-corrected chi connectivity index (χ1v) is 16.8. The van der Waals surface area contributed by atoms with Crippen molar-refractivity contribution in [3.8, 4) is 0 Å². The molecule has 8 nitrogen and oxygen atoms in total. The molecular weight excluding hydrogens is 548 g/mol. The Labute approximate surface area is 261 Å². The molecule has 8 heteroatoms. The van der Waals surface area contributed by atoms with Crippen LogP contribution < -0.4 is 10.2 Å². The smallest absolute Gasteiger partial charge is 0.326 e. The predicted molar refractivity (Wildman–Crippen MR) is 174 cm³/mol. The fraction of sp³-hybridized carbons (Fsp3) is 0.528. The van der Waals surface area contributed by atoms with E-state index in [2.05, 4.69) is 33.5 Å². The summed E-state index contributed by atoms with van der Waals surface area (Å²) in [4.78, 5) is 38.0. The molecule has 1 aliphatic carbocycles. The number of carbonyl (C=O) groups is 2. The van der Waals surface area contributed by atoms with Gasteiger partial charge in [0.2, 0.25) is 5.91 Å². The van der Waals surface area contributed by atoms with Gasteiger partial charge in [0, 0.05) is 67.2 Å². The van der Waals surface area contributed by atoms with Gasteiger partial charge in [0.25, 0.3) is 0 Å². The van der Waals surface area contributed by atoms with Gasteiger partial charge in [0.05, 0.1) is 12.2 Å². The van der Waals surface area contributed by atoms with E-state index >= 15 is 0 Å². The van der Waals surface area contributed by atoms with Gasteiger partial charge in [0.15, 0.2) is 0 Å². The average molecular weight is 595 g/mol. The van der Waals surface area contributed by atoms with Crippen LogP contribution >= 0.6 is 0 Å². The third kappa shape index (κ3) is 5.76. The highest BCUT2D eigenvalue weighted by Gasteiger charge is 2.42. The number of rotatable bonds is 8. The zero-order valence-corrected chi connectivity index (χ0v) is 26.3. The molecule has 44 heavy (non-hydrogen) atoms. The van der Waals surface area contributed by atoms with Crippen LogP contribution in [0.2, 0.25) is 0 Å². The molecule has 3 aromatic rings. The summed E-state index contributed by atoms with van der Waals surface area (Å²) >= 11 is 0. The normalized spacial score (nSPS) is 23.2. The molecule has 7 rings (SSSR count). The number of urea groups is 1. The molecule has 3 amide bonds. The Morgan fingerprint density at radius 1 is 0.932 bits per heavy atom. The number of hydrogen-bond donors (Lipinski definition) is 1. The Morgan fingerprint density at radius 2 is 1.66 bits per heavy atom. The highest BCUT2D eigenvalue weighted by Crippen LogP contribution is 2.42. The van der Waals surface area contributed by atoms with Gasteiger partial charge in [-0.05, 0) is 83.1 Å². The Morgan fingerprint density at radius 3 is 2.34 bits per heavy atom. The summed E-state index contributed by atoms with van der Waals surface area (Å²) in [6.45, 7) is 7.39. The molecule has 2 saturated heterocycles. The van der Waals surface area contributed by atoms with E-state index in [-0.39, 0.29) is 11.9 Å². The van der Waals surface area contributed by atoms with Crippen molar-refractivity contribution in [1.82, 2.24) is 19.4 Å². The van der Waals surface area contributed by atoms with Crippen LogP contribution in [0.1, 0.15) is 80.2 Å². The maximum absolute atomic E-state index is 13.4. The molecule has 1 unspecified atom stereocenters. The minimum Gasteiger partial charge on any atom is -0.336 e. The number of piperidine rings is 1. The summed E-state index contributed by atoms with van der Waals surface area (Å²) in [5.74, 6) is 1.71. The lowest BCUT2D eigenvalue weighted by molar-refractivity contribution is -0.139. The first kappa shape index (κ1) is 29.1. The molecule has 3 aliphatic heterocycles. The maximum atomic E-state index is 13.4. The number of nitrogens with zero attached hydrogens (tertiary/aromatic N) is 5. The molecule has 1 N–H and O–H groups in total. The molecule has 1 saturated carbocycles. The van der Waals surface area contributed by atoms with Gasteiger partial charge in [-0.3, -0.25) is 14.6 Å². The number of aromatic nitrogens is 2. The van der Waals surface area contributed by atoms with Crippen LogP contribution in [0.5, 0.6) is 0 Å². The molecule has 3 fully saturated rings. The Balaban J connectivity index is 0.981. The standard InChI is InChI=1S/C36H46N6O2/c1-25-12-14-28(15-13-25)38-36(44)41(29-10-4-3-5-11-29)20-7-19-40-30-16-17-31(40)23-32(22-30)42-26(2)37-33-24-39(21-18-34(33)42)35(43)27-8-6-9-27/h3-5,10-15,27,30-32H,6-9,16-24H2,1-2H3,(H,38,44)/t30-,31+,32?. The van der Waals surface area contributed by atoms with Crippen molar-refractivity contribution in [3.05, 3.63) is 77.4 Å². The molecule has 4 aliphatic rings. The van der Waals surface area contributed by atoms with Crippen LogP contribution in [-0.2, 0) is 17.8 Å². The third-order valence-corrected chi connectivity index (χ3v) is 10.6. The first-order chi connectivity index (χ1) is 21.4. The van der Waals surface area contributed by atoms with E-state index in [9.17, 15) is 9.59 Å². The van der Waals surface area contributed by atoms with Crippen LogP contribution in [0, 0.1) is 19.8 Å². The predicted octanol–water partition coefficient (Wildman–Crippen LogP) is 6.48. The van der Waals surface area contributed by atoms with Crippen molar-refractivity contribution in [3.63, 3.8) is 0 Å². The summed E-state index contributed by atoms with van der Waals surface area (Å²) in [5, 5.41) is 3.10. The van der Waals surface area contributed by atoms with E-state index in [0.717, 1.165) is 74.5 Å². The minimum absolute atomic E-state index is 0.0879. The zero-order chi connectivity index (χ0) is 30.2. The number of imidazole rings is 1. The number of aryl methyl sites for hydroxylation is 2. The van der Waals surface area contributed by atoms with Gasteiger partial charge in [-0.1, -0.05) is 42.3 Å². The second kappa shape index (κ2) is 12.4. The number of amides is 3. The van der Waals surface area contributed by atoms with E-state index in [4.69, 9.17) is 4.98 Å². The molecular formula is C36H46N6O2. The van der Waals surface area contributed by atoms with Gasteiger partial charge >= 0.3 is 6.03 Å². The number of hydrogen-bond acceptors (Lipinski definition) is 4. The van der Waals surface area contributed by atoms with Crippen LogP contribution in [0.4, 0.5) is 16.2 Å². The quantitative estimate of drug-likeness (QED) is 0.324. The summed E-state index contributed by atoms with van der Waals surface area (Å²) in [6, 6.07) is 19.5. The molecule has 0 radical (unpaired) electrons. The van der Waals surface area contributed by atoms with Crippen molar-refractivity contribution in [2.75, 3.05) is 29.9 Å². The van der Waals surface area contributed by atoms with Crippen molar-refractivity contribution >= 4 is 23.3 Å². The fourth-order valence-corrected chi connectivity index (χ4v) is 8.14.